The third-order valence-corrected chi connectivity index (χ3v) is 4.84. The zero-order chi connectivity index (χ0) is 22.1. The SMILES string of the molecule is CCCC(=O)Nc1ccc(CNC(=NC)N(C)Cc2ncc(-c3ccccc3)[nH]2)cc1. The molecule has 7 nitrogen and oxygen atoms in total. The summed E-state index contributed by atoms with van der Waals surface area (Å²) in [4.78, 5) is 26.0. The van der Waals surface area contributed by atoms with Crippen LogP contribution in [0.3, 0.4) is 0 Å². The van der Waals surface area contributed by atoms with Crippen molar-refractivity contribution in [2.45, 2.75) is 32.9 Å². The number of guanidine groups is 1. The zero-order valence-corrected chi connectivity index (χ0v) is 18.4. The van der Waals surface area contributed by atoms with Crippen molar-refractivity contribution in [3.05, 3.63) is 72.2 Å². The summed E-state index contributed by atoms with van der Waals surface area (Å²) in [5, 5.41) is 6.28. The molecule has 0 unspecified atom stereocenters. The second-order valence-corrected chi connectivity index (χ2v) is 7.36. The van der Waals surface area contributed by atoms with Crippen molar-refractivity contribution < 1.29 is 4.79 Å². The van der Waals surface area contributed by atoms with E-state index in [0.29, 0.717) is 19.5 Å². The van der Waals surface area contributed by atoms with Gasteiger partial charge in [-0.25, -0.2) is 4.98 Å². The molecule has 1 heterocycles. The molecule has 1 amide bonds. The Hall–Kier alpha value is -3.61. The number of rotatable bonds is 8. The molecule has 0 aliphatic rings. The molecule has 0 atom stereocenters. The number of aliphatic imine (C=N–C) groups is 1. The normalized spacial score (nSPS) is 11.3. The van der Waals surface area contributed by atoms with E-state index >= 15 is 0 Å². The second-order valence-electron chi connectivity index (χ2n) is 7.36. The largest absolute Gasteiger partial charge is 0.352 e. The van der Waals surface area contributed by atoms with Crippen LogP contribution < -0.4 is 10.6 Å². The number of benzene rings is 2. The first-order valence-corrected chi connectivity index (χ1v) is 10.5. The Kier molecular flexibility index (Phi) is 7.81. The second kappa shape index (κ2) is 11.0. The van der Waals surface area contributed by atoms with E-state index in [1.54, 1.807) is 7.05 Å². The number of anilines is 1. The van der Waals surface area contributed by atoms with Crippen molar-refractivity contribution in [1.29, 1.82) is 0 Å². The number of carbonyl (C=O) groups excluding carboxylic acids is 1. The highest BCUT2D eigenvalue weighted by Gasteiger charge is 2.10. The van der Waals surface area contributed by atoms with Crippen LogP contribution >= 0.6 is 0 Å². The number of hydrogen-bond donors (Lipinski definition) is 3. The van der Waals surface area contributed by atoms with Crippen molar-refractivity contribution in [1.82, 2.24) is 20.2 Å². The van der Waals surface area contributed by atoms with Gasteiger partial charge in [-0.1, -0.05) is 49.4 Å². The van der Waals surface area contributed by atoms with Crippen LogP contribution in [-0.2, 0) is 17.9 Å². The van der Waals surface area contributed by atoms with Gasteiger partial charge in [-0.2, -0.15) is 0 Å². The van der Waals surface area contributed by atoms with Crippen molar-refractivity contribution in [2.24, 2.45) is 4.99 Å². The van der Waals surface area contributed by atoms with Crippen LogP contribution in [0.1, 0.15) is 31.2 Å². The van der Waals surface area contributed by atoms with Crippen LogP contribution in [0.5, 0.6) is 0 Å². The summed E-state index contributed by atoms with van der Waals surface area (Å²) in [5.41, 5.74) is 4.03. The lowest BCUT2D eigenvalue weighted by Crippen LogP contribution is -2.38. The number of aromatic nitrogens is 2. The molecule has 0 radical (unpaired) electrons. The van der Waals surface area contributed by atoms with E-state index in [9.17, 15) is 4.79 Å². The molecule has 3 rings (SSSR count). The maximum atomic E-state index is 11.7. The molecule has 0 spiro atoms. The Morgan fingerprint density at radius 2 is 1.87 bits per heavy atom. The number of H-pyrrole nitrogens is 1. The first-order valence-electron chi connectivity index (χ1n) is 10.5. The highest BCUT2D eigenvalue weighted by atomic mass is 16.1. The highest BCUT2D eigenvalue weighted by Crippen LogP contribution is 2.16. The van der Waals surface area contributed by atoms with E-state index in [0.717, 1.165) is 40.7 Å². The Bertz CT molecular complexity index is 994. The topological polar surface area (TPSA) is 85.4 Å². The monoisotopic (exact) mass is 418 g/mol. The van der Waals surface area contributed by atoms with E-state index in [1.807, 2.05) is 67.5 Å². The number of amides is 1. The lowest BCUT2D eigenvalue weighted by molar-refractivity contribution is -0.116. The van der Waals surface area contributed by atoms with Crippen LogP contribution in [0.15, 0.2) is 65.8 Å². The molecule has 0 bridgehead atoms. The van der Waals surface area contributed by atoms with Crippen LogP contribution in [0.2, 0.25) is 0 Å². The van der Waals surface area contributed by atoms with Gasteiger partial charge in [0.15, 0.2) is 5.96 Å². The molecular formula is C24H30N6O. The van der Waals surface area contributed by atoms with E-state index in [-0.39, 0.29) is 5.91 Å². The Labute approximate surface area is 183 Å². The molecule has 1 aromatic heterocycles. The maximum Gasteiger partial charge on any atom is 0.224 e. The third kappa shape index (κ3) is 6.44. The summed E-state index contributed by atoms with van der Waals surface area (Å²) in [6, 6.07) is 18.0. The summed E-state index contributed by atoms with van der Waals surface area (Å²) >= 11 is 0. The third-order valence-electron chi connectivity index (χ3n) is 4.84. The molecule has 0 saturated carbocycles. The van der Waals surface area contributed by atoms with Crippen molar-refractivity contribution >= 4 is 17.6 Å². The van der Waals surface area contributed by atoms with Gasteiger partial charge in [0.05, 0.1) is 18.4 Å². The minimum atomic E-state index is 0.0451. The fourth-order valence-electron chi connectivity index (χ4n) is 3.23. The summed E-state index contributed by atoms with van der Waals surface area (Å²) in [5.74, 6) is 1.69. The van der Waals surface area contributed by atoms with Crippen LogP contribution in [0.4, 0.5) is 5.69 Å². The predicted octanol–water partition coefficient (Wildman–Crippen LogP) is 4.02. The van der Waals surface area contributed by atoms with Crippen molar-refractivity contribution in [2.75, 3.05) is 19.4 Å². The lowest BCUT2D eigenvalue weighted by atomic mass is 10.2. The predicted molar refractivity (Wildman–Crippen MR) is 126 cm³/mol. The minimum absolute atomic E-state index is 0.0451. The molecule has 2 aromatic carbocycles. The van der Waals surface area contributed by atoms with Gasteiger partial charge in [0.1, 0.15) is 5.82 Å². The van der Waals surface area contributed by atoms with Crippen molar-refractivity contribution in [3.63, 3.8) is 0 Å². The van der Waals surface area contributed by atoms with Gasteiger partial charge in [0, 0.05) is 32.7 Å². The fourth-order valence-corrected chi connectivity index (χ4v) is 3.23. The van der Waals surface area contributed by atoms with Gasteiger partial charge in [-0.3, -0.25) is 9.79 Å². The molecular weight excluding hydrogens is 388 g/mol. The van der Waals surface area contributed by atoms with Gasteiger partial charge in [-0.15, -0.1) is 0 Å². The lowest BCUT2D eigenvalue weighted by Gasteiger charge is -2.21. The smallest absolute Gasteiger partial charge is 0.224 e. The number of nitrogens with zero attached hydrogens (tertiary/aromatic N) is 3. The van der Waals surface area contributed by atoms with Gasteiger partial charge in [0.2, 0.25) is 5.91 Å². The van der Waals surface area contributed by atoms with E-state index in [1.165, 1.54) is 0 Å². The van der Waals surface area contributed by atoms with E-state index in [2.05, 4.69) is 37.7 Å². The summed E-state index contributed by atoms with van der Waals surface area (Å²) in [6.07, 6.45) is 3.23. The van der Waals surface area contributed by atoms with Gasteiger partial charge < -0.3 is 20.5 Å². The highest BCUT2D eigenvalue weighted by molar-refractivity contribution is 5.90. The van der Waals surface area contributed by atoms with Crippen LogP contribution in [-0.4, -0.2) is 40.8 Å². The number of hydrogen-bond acceptors (Lipinski definition) is 3. The zero-order valence-electron chi connectivity index (χ0n) is 18.4. The van der Waals surface area contributed by atoms with Gasteiger partial charge in [-0.05, 0) is 29.7 Å². The molecule has 0 aliphatic carbocycles. The summed E-state index contributed by atoms with van der Waals surface area (Å²) in [7, 11) is 3.75. The molecule has 0 fully saturated rings. The molecule has 7 heteroatoms. The minimum Gasteiger partial charge on any atom is -0.352 e. The first-order chi connectivity index (χ1) is 15.1. The number of nitrogens with one attached hydrogen (secondary N) is 3. The molecule has 0 aliphatic heterocycles. The molecule has 31 heavy (non-hydrogen) atoms. The summed E-state index contributed by atoms with van der Waals surface area (Å²) in [6.45, 7) is 3.23. The quantitative estimate of drug-likeness (QED) is 0.381. The maximum absolute atomic E-state index is 11.7. The first kappa shape index (κ1) is 22.1. The molecule has 3 N–H and O–H groups in total. The fraction of sp³-hybridized carbons (Fsp3) is 0.292. The Morgan fingerprint density at radius 3 is 2.55 bits per heavy atom. The number of imidazole rings is 1. The van der Waals surface area contributed by atoms with Crippen molar-refractivity contribution in [3.8, 4) is 11.3 Å². The van der Waals surface area contributed by atoms with Crippen LogP contribution in [0.25, 0.3) is 11.3 Å². The van der Waals surface area contributed by atoms with Gasteiger partial charge in [0.25, 0.3) is 0 Å². The van der Waals surface area contributed by atoms with E-state index in [4.69, 9.17) is 0 Å². The Balaban J connectivity index is 1.53. The Morgan fingerprint density at radius 1 is 1.13 bits per heavy atom. The van der Waals surface area contributed by atoms with E-state index < -0.39 is 0 Å². The molecule has 0 saturated heterocycles. The van der Waals surface area contributed by atoms with Gasteiger partial charge >= 0.3 is 0 Å². The number of carbonyl (C=O) groups is 1. The average Bonchev–Trinajstić information content (AvgIpc) is 3.24. The molecule has 162 valence electrons. The summed E-state index contributed by atoms with van der Waals surface area (Å²) < 4.78 is 0. The van der Waals surface area contributed by atoms with Crippen LogP contribution in [0, 0.1) is 0 Å². The standard InChI is InChI=1S/C24H30N6O/c1-4-8-23(31)28-20-13-11-18(12-14-20)15-27-24(25-2)30(3)17-22-26-16-21(29-22)19-9-6-5-7-10-19/h5-7,9-14,16H,4,8,15,17H2,1-3H3,(H,25,27)(H,26,29)(H,28,31). The number of aromatic amines is 1. The molecule has 3 aromatic rings. The average molecular weight is 419 g/mol.